The van der Waals surface area contributed by atoms with Crippen LogP contribution in [0.15, 0.2) is 0 Å². The van der Waals surface area contributed by atoms with Crippen LogP contribution < -0.4 is 0 Å². The summed E-state index contributed by atoms with van der Waals surface area (Å²) in [4.78, 5) is 42.3. The second-order valence-corrected chi connectivity index (χ2v) is 8.00. The van der Waals surface area contributed by atoms with Gasteiger partial charge in [0, 0.05) is 5.33 Å². The molecule has 8 heteroatoms. The van der Waals surface area contributed by atoms with E-state index in [9.17, 15) is 14.4 Å². The number of halogens is 1. The molecule has 0 saturated heterocycles. The fourth-order valence-corrected chi connectivity index (χ4v) is 2.01. The molecule has 0 aliphatic rings. The third kappa shape index (κ3) is 8.63. The van der Waals surface area contributed by atoms with Crippen LogP contribution in [0.4, 0.5) is 0 Å². The fourth-order valence-electron chi connectivity index (χ4n) is 1.69. The molecule has 0 aliphatic carbocycles. The Balaban J connectivity index is 5.57. The van der Waals surface area contributed by atoms with Gasteiger partial charge in [0.05, 0.1) is 12.7 Å². The number of hydrogen-bond acceptors (Lipinski definition) is 6. The molecule has 0 rings (SSSR count). The van der Waals surface area contributed by atoms with Crippen molar-refractivity contribution >= 4 is 33.8 Å². The highest BCUT2D eigenvalue weighted by Crippen LogP contribution is 2.19. The maximum absolute atomic E-state index is 12.5. The lowest BCUT2D eigenvalue weighted by atomic mass is 10.1. The van der Waals surface area contributed by atoms with Crippen LogP contribution in [0.2, 0.25) is 0 Å². The number of carbonyl (C=O) groups is 3. The van der Waals surface area contributed by atoms with Crippen LogP contribution in [-0.2, 0) is 28.7 Å². The Morgan fingerprint density at radius 2 is 1.58 bits per heavy atom. The first-order valence-corrected chi connectivity index (χ1v) is 8.84. The van der Waals surface area contributed by atoms with Gasteiger partial charge in [-0.3, -0.25) is 9.63 Å². The number of nitrogens with zero attached hydrogens (tertiary/aromatic N) is 1. The van der Waals surface area contributed by atoms with E-state index in [1.165, 1.54) is 7.11 Å². The van der Waals surface area contributed by atoms with Crippen molar-refractivity contribution in [1.82, 2.24) is 5.06 Å². The Kier molecular flexibility index (Phi) is 8.91. The molecule has 0 heterocycles. The van der Waals surface area contributed by atoms with Gasteiger partial charge in [-0.15, -0.1) is 0 Å². The molecule has 0 spiro atoms. The van der Waals surface area contributed by atoms with Gasteiger partial charge in [-0.1, -0.05) is 15.9 Å². The molecular weight excluding hydrogens is 382 g/mol. The van der Waals surface area contributed by atoms with Gasteiger partial charge in [-0.05, 0) is 54.4 Å². The van der Waals surface area contributed by atoms with E-state index in [1.807, 2.05) is 0 Å². The topological polar surface area (TPSA) is 82.1 Å². The van der Waals surface area contributed by atoms with Crippen molar-refractivity contribution in [3.05, 3.63) is 0 Å². The van der Waals surface area contributed by atoms with Crippen LogP contribution in [-0.4, -0.2) is 52.6 Å². The highest BCUT2D eigenvalue weighted by atomic mass is 79.9. The number of esters is 2. The number of hydroxylamine groups is 2. The summed E-state index contributed by atoms with van der Waals surface area (Å²) in [5.41, 5.74) is -1.63. The van der Waals surface area contributed by atoms with Gasteiger partial charge in [0.1, 0.15) is 5.60 Å². The van der Waals surface area contributed by atoms with Gasteiger partial charge in [-0.2, -0.15) is 5.06 Å². The van der Waals surface area contributed by atoms with Gasteiger partial charge in [0.25, 0.3) is 0 Å². The van der Waals surface area contributed by atoms with Crippen molar-refractivity contribution in [2.45, 2.75) is 71.6 Å². The minimum absolute atomic E-state index is 0.280. The lowest BCUT2D eigenvalue weighted by molar-refractivity contribution is -0.247. The summed E-state index contributed by atoms with van der Waals surface area (Å²) in [5, 5.41) is 1.41. The molecule has 0 aromatic heterocycles. The fraction of sp³-hybridized carbons (Fsp3) is 0.812. The van der Waals surface area contributed by atoms with E-state index in [1.54, 1.807) is 41.5 Å². The Bertz CT molecular complexity index is 452. The van der Waals surface area contributed by atoms with E-state index in [0.717, 1.165) is 5.06 Å². The van der Waals surface area contributed by atoms with Crippen LogP contribution in [0, 0.1) is 0 Å². The zero-order valence-electron chi connectivity index (χ0n) is 15.5. The first-order valence-electron chi connectivity index (χ1n) is 7.72. The summed E-state index contributed by atoms with van der Waals surface area (Å²) in [7, 11) is 1.22. The van der Waals surface area contributed by atoms with Gasteiger partial charge in [0.2, 0.25) is 0 Å². The van der Waals surface area contributed by atoms with E-state index in [2.05, 4.69) is 15.9 Å². The SMILES string of the molecule is COC(=O)C(CCCBr)N(OC(C)(C)C)C(=O)C(=O)OC(C)(C)C. The highest BCUT2D eigenvalue weighted by molar-refractivity contribution is 9.09. The van der Waals surface area contributed by atoms with Gasteiger partial charge >= 0.3 is 17.8 Å². The molecule has 0 aromatic rings. The van der Waals surface area contributed by atoms with E-state index in [0.29, 0.717) is 11.8 Å². The van der Waals surface area contributed by atoms with Crippen molar-refractivity contribution in [2.24, 2.45) is 0 Å². The normalized spacial score (nSPS) is 13.2. The van der Waals surface area contributed by atoms with Crippen molar-refractivity contribution in [3.63, 3.8) is 0 Å². The van der Waals surface area contributed by atoms with Crippen LogP contribution >= 0.6 is 15.9 Å². The third-order valence-corrected chi connectivity index (χ3v) is 3.07. The van der Waals surface area contributed by atoms with Gasteiger partial charge in [0.15, 0.2) is 6.04 Å². The molecule has 0 saturated carbocycles. The maximum Gasteiger partial charge on any atom is 0.399 e. The van der Waals surface area contributed by atoms with E-state index >= 15 is 0 Å². The lowest BCUT2D eigenvalue weighted by Crippen LogP contribution is -2.52. The Morgan fingerprint density at radius 3 is 1.96 bits per heavy atom. The smallest absolute Gasteiger partial charge is 0.399 e. The predicted octanol–water partition coefficient (Wildman–Crippen LogP) is 2.60. The van der Waals surface area contributed by atoms with Crippen molar-refractivity contribution in [1.29, 1.82) is 0 Å². The number of carbonyl (C=O) groups excluding carboxylic acids is 3. The van der Waals surface area contributed by atoms with Crippen molar-refractivity contribution in [2.75, 3.05) is 12.4 Å². The molecule has 0 bridgehead atoms. The standard InChI is InChI=1S/C16H28BrNO6/c1-15(2,3)23-14(21)12(19)18(24-16(4,5)6)11(9-8-10-17)13(20)22-7/h11H,8-10H2,1-7H3. The third-order valence-electron chi connectivity index (χ3n) is 2.51. The predicted molar refractivity (Wildman–Crippen MR) is 92.4 cm³/mol. The summed E-state index contributed by atoms with van der Waals surface area (Å²) >= 11 is 3.28. The number of hydrogen-bond donors (Lipinski definition) is 0. The average molecular weight is 410 g/mol. The molecule has 0 radical (unpaired) electrons. The number of alkyl halides is 1. The number of amides is 1. The quantitative estimate of drug-likeness (QED) is 0.290. The average Bonchev–Trinajstić information content (AvgIpc) is 2.42. The molecule has 0 N–H and O–H groups in total. The van der Waals surface area contributed by atoms with Crippen LogP contribution in [0.3, 0.4) is 0 Å². The number of methoxy groups -OCH3 is 1. The van der Waals surface area contributed by atoms with Crippen LogP contribution in [0.25, 0.3) is 0 Å². The molecule has 1 unspecified atom stereocenters. The molecule has 0 fully saturated rings. The number of ether oxygens (including phenoxy) is 2. The summed E-state index contributed by atoms with van der Waals surface area (Å²) < 4.78 is 9.85. The largest absolute Gasteiger partial charge is 0.467 e. The molecule has 1 atom stereocenters. The Morgan fingerprint density at radius 1 is 1.04 bits per heavy atom. The monoisotopic (exact) mass is 409 g/mol. The van der Waals surface area contributed by atoms with Crippen molar-refractivity contribution in [3.8, 4) is 0 Å². The summed E-state index contributed by atoms with van der Waals surface area (Å²) in [6.07, 6.45) is 0.869. The summed E-state index contributed by atoms with van der Waals surface area (Å²) in [5.74, 6) is -2.78. The number of rotatable bonds is 6. The summed E-state index contributed by atoms with van der Waals surface area (Å²) in [6, 6.07) is -1.04. The molecule has 140 valence electrons. The van der Waals surface area contributed by atoms with Gasteiger partial charge in [-0.25, -0.2) is 9.59 Å². The molecular formula is C16H28BrNO6. The van der Waals surface area contributed by atoms with Crippen LogP contribution in [0.1, 0.15) is 54.4 Å². The van der Waals surface area contributed by atoms with E-state index in [-0.39, 0.29) is 6.42 Å². The second kappa shape index (κ2) is 9.36. The maximum atomic E-state index is 12.5. The molecule has 1 amide bonds. The minimum atomic E-state index is -1.08. The Labute approximate surface area is 152 Å². The molecule has 0 aliphatic heterocycles. The summed E-state index contributed by atoms with van der Waals surface area (Å²) in [6.45, 7) is 10.1. The van der Waals surface area contributed by atoms with E-state index in [4.69, 9.17) is 14.3 Å². The Hall–Kier alpha value is -1.15. The molecule has 24 heavy (non-hydrogen) atoms. The minimum Gasteiger partial charge on any atom is -0.467 e. The zero-order chi connectivity index (χ0) is 19.1. The van der Waals surface area contributed by atoms with Crippen molar-refractivity contribution < 1.29 is 28.7 Å². The molecule has 0 aromatic carbocycles. The van der Waals surface area contributed by atoms with Gasteiger partial charge < -0.3 is 9.47 Å². The van der Waals surface area contributed by atoms with E-state index < -0.39 is 35.1 Å². The second-order valence-electron chi connectivity index (χ2n) is 7.21. The highest BCUT2D eigenvalue weighted by Gasteiger charge is 2.39. The van der Waals surface area contributed by atoms with Crippen LogP contribution in [0.5, 0.6) is 0 Å². The first kappa shape index (κ1) is 22.9. The first-order chi connectivity index (χ1) is 10.8. The molecule has 7 nitrogen and oxygen atoms in total. The zero-order valence-corrected chi connectivity index (χ0v) is 17.1. The lowest BCUT2D eigenvalue weighted by Gasteiger charge is -2.34.